The van der Waals surface area contributed by atoms with Gasteiger partial charge in [0.15, 0.2) is 0 Å². The summed E-state index contributed by atoms with van der Waals surface area (Å²) in [6.45, 7) is 7.10. The van der Waals surface area contributed by atoms with Crippen LogP contribution in [0, 0.1) is 0 Å². The quantitative estimate of drug-likeness (QED) is 0.636. The lowest BCUT2D eigenvalue weighted by molar-refractivity contribution is 0.131. The van der Waals surface area contributed by atoms with Gasteiger partial charge in [0.2, 0.25) is 0 Å². The zero-order valence-electron chi connectivity index (χ0n) is 13.0. The van der Waals surface area contributed by atoms with Crippen molar-refractivity contribution in [1.82, 2.24) is 13.9 Å². The molecular formula is C13H29N3O3S. The van der Waals surface area contributed by atoms with E-state index in [2.05, 4.69) is 5.32 Å². The Morgan fingerprint density at radius 2 is 2.10 bits per heavy atom. The third-order valence-electron chi connectivity index (χ3n) is 3.68. The van der Waals surface area contributed by atoms with Crippen molar-refractivity contribution in [3.63, 3.8) is 0 Å². The van der Waals surface area contributed by atoms with E-state index in [4.69, 9.17) is 4.74 Å². The molecule has 1 heterocycles. The predicted octanol–water partition coefficient (Wildman–Crippen LogP) is 0.664. The van der Waals surface area contributed by atoms with E-state index in [0.717, 1.165) is 19.3 Å². The van der Waals surface area contributed by atoms with Crippen molar-refractivity contribution in [2.75, 3.05) is 46.4 Å². The maximum Gasteiger partial charge on any atom is 0.282 e. The Hall–Kier alpha value is -0.210. The number of hydrogen-bond acceptors (Lipinski definition) is 4. The largest absolute Gasteiger partial charge is 0.380 e. The third kappa shape index (κ3) is 4.66. The molecule has 1 aliphatic rings. The summed E-state index contributed by atoms with van der Waals surface area (Å²) >= 11 is 0. The number of nitrogens with zero attached hydrogens (tertiary/aromatic N) is 2. The van der Waals surface area contributed by atoms with Crippen molar-refractivity contribution < 1.29 is 13.2 Å². The summed E-state index contributed by atoms with van der Waals surface area (Å²) in [7, 11) is -1.51. The maximum atomic E-state index is 12.8. The fraction of sp³-hybridized carbons (Fsp3) is 1.00. The van der Waals surface area contributed by atoms with Crippen molar-refractivity contribution in [2.24, 2.45) is 0 Å². The first-order valence-electron chi connectivity index (χ1n) is 7.57. The van der Waals surface area contributed by atoms with Crippen molar-refractivity contribution >= 4 is 10.2 Å². The molecule has 0 amide bonds. The second kappa shape index (κ2) is 8.94. The van der Waals surface area contributed by atoms with Gasteiger partial charge in [-0.2, -0.15) is 17.0 Å². The Morgan fingerprint density at radius 1 is 1.35 bits per heavy atom. The van der Waals surface area contributed by atoms with E-state index < -0.39 is 10.2 Å². The Kier molecular flexibility index (Phi) is 7.98. The van der Waals surface area contributed by atoms with Gasteiger partial charge < -0.3 is 10.1 Å². The molecule has 1 rings (SSSR count). The van der Waals surface area contributed by atoms with E-state index >= 15 is 0 Å². The van der Waals surface area contributed by atoms with Gasteiger partial charge in [-0.3, -0.25) is 0 Å². The lowest BCUT2D eigenvalue weighted by atomic mass is 10.1. The number of piperidine rings is 1. The van der Waals surface area contributed by atoms with Gasteiger partial charge in [-0.25, -0.2) is 0 Å². The average Bonchev–Trinajstić information content (AvgIpc) is 2.44. The van der Waals surface area contributed by atoms with Crippen LogP contribution in [0.1, 0.15) is 33.1 Å². The molecule has 0 spiro atoms. The van der Waals surface area contributed by atoms with Crippen LogP contribution in [0.2, 0.25) is 0 Å². The van der Waals surface area contributed by atoms with E-state index in [1.807, 2.05) is 20.9 Å². The SMILES string of the molecule is CCOCCN(CC)S(=O)(=O)N1CCCCC1CNC. The first-order valence-corrected chi connectivity index (χ1v) is 8.96. The van der Waals surface area contributed by atoms with Gasteiger partial charge in [0, 0.05) is 38.8 Å². The summed E-state index contributed by atoms with van der Waals surface area (Å²) in [5.41, 5.74) is 0. The molecule has 1 saturated heterocycles. The molecule has 1 atom stereocenters. The summed E-state index contributed by atoms with van der Waals surface area (Å²) in [5.74, 6) is 0. The van der Waals surface area contributed by atoms with E-state index in [1.165, 1.54) is 4.31 Å². The summed E-state index contributed by atoms with van der Waals surface area (Å²) in [5, 5.41) is 3.10. The highest BCUT2D eigenvalue weighted by Crippen LogP contribution is 2.22. The number of rotatable bonds is 9. The predicted molar refractivity (Wildman–Crippen MR) is 80.9 cm³/mol. The molecule has 1 unspecified atom stereocenters. The zero-order valence-corrected chi connectivity index (χ0v) is 13.8. The van der Waals surface area contributed by atoms with Crippen molar-refractivity contribution in [2.45, 2.75) is 39.2 Å². The molecule has 20 heavy (non-hydrogen) atoms. The summed E-state index contributed by atoms with van der Waals surface area (Å²) in [4.78, 5) is 0. The lowest BCUT2D eigenvalue weighted by Crippen LogP contribution is -2.53. The number of nitrogens with one attached hydrogen (secondary N) is 1. The monoisotopic (exact) mass is 307 g/mol. The molecule has 1 fully saturated rings. The molecular weight excluding hydrogens is 278 g/mol. The lowest BCUT2D eigenvalue weighted by Gasteiger charge is -2.37. The molecule has 0 aromatic heterocycles. The fourth-order valence-corrected chi connectivity index (χ4v) is 4.46. The highest BCUT2D eigenvalue weighted by molar-refractivity contribution is 7.86. The maximum absolute atomic E-state index is 12.8. The van der Waals surface area contributed by atoms with Gasteiger partial charge in [-0.05, 0) is 26.8 Å². The van der Waals surface area contributed by atoms with Gasteiger partial charge in [0.1, 0.15) is 0 Å². The van der Waals surface area contributed by atoms with Gasteiger partial charge in [-0.15, -0.1) is 0 Å². The number of likely N-dealkylation sites (N-methyl/N-ethyl adjacent to an activating group) is 2. The molecule has 120 valence electrons. The molecule has 1 N–H and O–H groups in total. The van der Waals surface area contributed by atoms with Gasteiger partial charge in [0.25, 0.3) is 10.2 Å². The van der Waals surface area contributed by atoms with Gasteiger partial charge in [0.05, 0.1) is 6.61 Å². The Balaban J connectivity index is 2.76. The second-order valence-electron chi connectivity index (χ2n) is 5.01. The zero-order chi connectivity index (χ0) is 15.0. The van der Waals surface area contributed by atoms with Gasteiger partial charge >= 0.3 is 0 Å². The van der Waals surface area contributed by atoms with E-state index in [1.54, 1.807) is 4.31 Å². The molecule has 0 radical (unpaired) electrons. The minimum absolute atomic E-state index is 0.0693. The molecule has 0 aromatic carbocycles. The van der Waals surface area contributed by atoms with Gasteiger partial charge in [-0.1, -0.05) is 13.3 Å². The Bertz CT molecular complexity index is 360. The van der Waals surface area contributed by atoms with Crippen LogP contribution in [0.25, 0.3) is 0 Å². The van der Waals surface area contributed by atoms with Crippen molar-refractivity contribution in [1.29, 1.82) is 0 Å². The van der Waals surface area contributed by atoms with Crippen LogP contribution in [0.4, 0.5) is 0 Å². The molecule has 7 heteroatoms. The first-order chi connectivity index (χ1) is 9.57. The molecule has 0 saturated carbocycles. The van der Waals surface area contributed by atoms with Crippen LogP contribution in [0.15, 0.2) is 0 Å². The van der Waals surface area contributed by atoms with Crippen LogP contribution < -0.4 is 5.32 Å². The van der Waals surface area contributed by atoms with Crippen LogP contribution in [-0.2, 0) is 14.9 Å². The van der Waals surface area contributed by atoms with E-state index in [0.29, 0.717) is 39.4 Å². The summed E-state index contributed by atoms with van der Waals surface area (Å²) in [6, 6.07) is 0.0693. The molecule has 0 aliphatic carbocycles. The minimum Gasteiger partial charge on any atom is -0.380 e. The molecule has 1 aliphatic heterocycles. The normalized spacial score (nSPS) is 21.5. The minimum atomic E-state index is -3.38. The smallest absolute Gasteiger partial charge is 0.282 e. The second-order valence-corrected chi connectivity index (χ2v) is 6.90. The number of hydrogen-bond donors (Lipinski definition) is 1. The standard InChI is InChI=1S/C13H29N3O3S/c1-4-15(10-11-19-5-2)20(17,18)16-9-7-6-8-13(16)12-14-3/h13-14H,4-12H2,1-3H3. The highest BCUT2D eigenvalue weighted by atomic mass is 32.2. The average molecular weight is 307 g/mol. The number of ether oxygens (including phenoxy) is 1. The van der Waals surface area contributed by atoms with Crippen LogP contribution >= 0.6 is 0 Å². The summed E-state index contributed by atoms with van der Waals surface area (Å²) in [6.07, 6.45) is 2.98. The van der Waals surface area contributed by atoms with Crippen LogP contribution in [0.3, 0.4) is 0 Å². The van der Waals surface area contributed by atoms with Crippen LogP contribution in [-0.4, -0.2) is 69.5 Å². The topological polar surface area (TPSA) is 61.9 Å². The molecule has 0 aromatic rings. The van der Waals surface area contributed by atoms with Crippen molar-refractivity contribution in [3.05, 3.63) is 0 Å². The molecule has 0 bridgehead atoms. The Morgan fingerprint density at radius 3 is 2.70 bits per heavy atom. The first kappa shape index (κ1) is 17.8. The Labute approximate surface area is 123 Å². The van der Waals surface area contributed by atoms with Crippen molar-refractivity contribution in [3.8, 4) is 0 Å². The van der Waals surface area contributed by atoms with E-state index in [-0.39, 0.29) is 6.04 Å². The third-order valence-corrected chi connectivity index (χ3v) is 5.84. The van der Waals surface area contributed by atoms with E-state index in [9.17, 15) is 8.42 Å². The molecule has 6 nitrogen and oxygen atoms in total. The fourth-order valence-electron chi connectivity index (χ4n) is 2.61. The highest BCUT2D eigenvalue weighted by Gasteiger charge is 2.35. The summed E-state index contributed by atoms with van der Waals surface area (Å²) < 4.78 is 34.0. The van der Waals surface area contributed by atoms with Crippen LogP contribution in [0.5, 0.6) is 0 Å².